The van der Waals surface area contributed by atoms with Crippen molar-refractivity contribution >= 4 is 11.5 Å². The molecule has 0 aliphatic carbocycles. The Morgan fingerprint density at radius 3 is 2.67 bits per heavy atom. The number of hydrogen-bond acceptors (Lipinski definition) is 4. The highest BCUT2D eigenvalue weighted by Crippen LogP contribution is 2.31. The van der Waals surface area contributed by atoms with Crippen LogP contribution >= 0.6 is 0 Å². The Balaban J connectivity index is 1.73. The fourth-order valence-corrected chi connectivity index (χ4v) is 3.62. The minimum atomic E-state index is -1.38. The van der Waals surface area contributed by atoms with Crippen molar-refractivity contribution in [2.45, 2.75) is 38.8 Å². The largest absolute Gasteiger partial charge is 0.338 e. The minimum Gasteiger partial charge on any atom is -0.338 e. The topological polar surface area (TPSA) is 59.0 Å². The van der Waals surface area contributed by atoms with Gasteiger partial charge in [-0.05, 0) is 38.8 Å². The molecule has 2 aromatic heterocycles. The van der Waals surface area contributed by atoms with E-state index in [9.17, 15) is 4.79 Å². The van der Waals surface area contributed by atoms with Gasteiger partial charge >= 0.3 is 0 Å². The van der Waals surface area contributed by atoms with Gasteiger partial charge in [0.25, 0.3) is 5.91 Å². The highest BCUT2D eigenvalue weighted by atomic mass is 19.1. The van der Waals surface area contributed by atoms with Gasteiger partial charge in [-0.3, -0.25) is 19.7 Å². The maximum atomic E-state index is 15.4. The SMILES string of the molecule is C=C/C=C(\C=C/C)c1ncccc1C(=O)N1CCC(F)(Cc2cnc(C)cn2)CC1. The molecule has 3 rings (SSSR count). The third-order valence-electron chi connectivity index (χ3n) is 5.23. The smallest absolute Gasteiger partial charge is 0.256 e. The van der Waals surface area contributed by atoms with Crippen LogP contribution in [0, 0.1) is 6.92 Å². The molecule has 1 amide bonds. The summed E-state index contributed by atoms with van der Waals surface area (Å²) in [5, 5.41) is 0. The average Bonchev–Trinajstić information content (AvgIpc) is 2.75. The number of aryl methyl sites for hydroxylation is 1. The molecule has 0 N–H and O–H groups in total. The number of piperidine rings is 1. The molecule has 0 unspecified atom stereocenters. The number of rotatable bonds is 6. The van der Waals surface area contributed by atoms with Crippen LogP contribution in [0.5, 0.6) is 0 Å². The van der Waals surface area contributed by atoms with E-state index in [1.807, 2.05) is 32.1 Å². The molecule has 156 valence electrons. The molecular formula is C24H27FN4O. The summed E-state index contributed by atoms with van der Waals surface area (Å²) in [5.41, 5.74) is 2.00. The van der Waals surface area contributed by atoms with Crippen molar-refractivity contribution in [2.24, 2.45) is 0 Å². The zero-order chi connectivity index (χ0) is 21.6. The summed E-state index contributed by atoms with van der Waals surface area (Å²) in [5.74, 6) is -0.130. The first-order chi connectivity index (χ1) is 14.5. The molecule has 0 radical (unpaired) electrons. The molecule has 0 bridgehead atoms. The highest BCUT2D eigenvalue weighted by molar-refractivity contribution is 5.99. The van der Waals surface area contributed by atoms with Crippen molar-refractivity contribution < 1.29 is 9.18 Å². The third kappa shape index (κ3) is 5.06. The Morgan fingerprint density at radius 2 is 2.03 bits per heavy atom. The Kier molecular flexibility index (Phi) is 6.87. The van der Waals surface area contributed by atoms with Gasteiger partial charge in [0.15, 0.2) is 0 Å². The average molecular weight is 407 g/mol. The lowest BCUT2D eigenvalue weighted by atomic mass is 9.88. The van der Waals surface area contributed by atoms with E-state index in [0.717, 1.165) is 11.3 Å². The van der Waals surface area contributed by atoms with E-state index in [0.29, 0.717) is 30.0 Å². The second-order valence-corrected chi connectivity index (χ2v) is 7.53. The number of pyridine rings is 1. The van der Waals surface area contributed by atoms with Crippen molar-refractivity contribution in [2.75, 3.05) is 13.1 Å². The summed E-state index contributed by atoms with van der Waals surface area (Å²) >= 11 is 0. The van der Waals surface area contributed by atoms with E-state index < -0.39 is 5.67 Å². The van der Waals surface area contributed by atoms with Crippen molar-refractivity contribution in [1.82, 2.24) is 19.9 Å². The molecule has 1 aliphatic rings. The number of alkyl halides is 1. The highest BCUT2D eigenvalue weighted by Gasteiger charge is 2.37. The molecule has 1 aliphatic heterocycles. The molecule has 0 spiro atoms. The first-order valence-electron chi connectivity index (χ1n) is 10.1. The summed E-state index contributed by atoms with van der Waals surface area (Å²) in [4.78, 5) is 27.8. The lowest BCUT2D eigenvalue weighted by Crippen LogP contribution is -2.45. The van der Waals surface area contributed by atoms with Crippen LogP contribution in [0.25, 0.3) is 5.57 Å². The zero-order valence-corrected chi connectivity index (χ0v) is 17.5. The van der Waals surface area contributed by atoms with Crippen LogP contribution < -0.4 is 0 Å². The number of halogens is 1. The maximum absolute atomic E-state index is 15.4. The number of amides is 1. The summed E-state index contributed by atoms with van der Waals surface area (Å²) in [6, 6.07) is 3.52. The molecule has 1 fully saturated rings. The molecule has 1 saturated heterocycles. The molecule has 0 saturated carbocycles. The van der Waals surface area contributed by atoms with Gasteiger partial charge < -0.3 is 4.90 Å². The molecule has 5 nitrogen and oxygen atoms in total. The number of nitrogens with zero attached hydrogens (tertiary/aromatic N) is 4. The maximum Gasteiger partial charge on any atom is 0.256 e. The fourth-order valence-electron chi connectivity index (χ4n) is 3.62. The van der Waals surface area contributed by atoms with Gasteiger partial charge in [-0.2, -0.15) is 0 Å². The Morgan fingerprint density at radius 1 is 1.27 bits per heavy atom. The normalized spacial score (nSPS) is 16.6. The number of carbonyl (C=O) groups is 1. The molecule has 2 aromatic rings. The Labute approximate surface area is 177 Å². The van der Waals surface area contributed by atoms with Crippen molar-refractivity contribution in [3.63, 3.8) is 0 Å². The van der Waals surface area contributed by atoms with E-state index in [1.165, 1.54) is 0 Å². The van der Waals surface area contributed by atoms with Crippen LogP contribution in [-0.2, 0) is 6.42 Å². The monoisotopic (exact) mass is 406 g/mol. The quantitative estimate of drug-likeness (QED) is 0.662. The van der Waals surface area contributed by atoms with Gasteiger partial charge in [0.05, 0.1) is 22.6 Å². The lowest BCUT2D eigenvalue weighted by molar-refractivity contribution is 0.0432. The molecule has 3 heterocycles. The number of hydrogen-bond donors (Lipinski definition) is 0. The van der Waals surface area contributed by atoms with Gasteiger partial charge in [0, 0.05) is 43.7 Å². The first kappa shape index (κ1) is 21.6. The summed E-state index contributed by atoms with van der Waals surface area (Å²) in [6.45, 7) is 8.21. The number of likely N-dealkylation sites (tertiary alicyclic amines) is 1. The Bertz CT molecular complexity index is 957. The molecule has 6 heteroatoms. The van der Waals surface area contributed by atoms with Gasteiger partial charge in [-0.1, -0.05) is 30.9 Å². The summed E-state index contributed by atoms with van der Waals surface area (Å²) < 4.78 is 15.4. The summed E-state index contributed by atoms with van der Waals surface area (Å²) in [7, 11) is 0. The molecule has 0 aromatic carbocycles. The second-order valence-electron chi connectivity index (χ2n) is 7.53. The zero-order valence-electron chi connectivity index (χ0n) is 17.5. The third-order valence-corrected chi connectivity index (χ3v) is 5.23. The standard InChI is InChI=1S/C24H27FN4O/c1-4-7-19(8-5-2)22-21(9-6-12-26-22)23(30)29-13-10-24(25,11-14-29)15-20-17-27-18(3)16-28-20/h4-9,12,16-17H,1,10-11,13-15H2,2-3H3/b8-5-,19-7+. The van der Waals surface area contributed by atoms with Crippen molar-refractivity contribution in [1.29, 1.82) is 0 Å². The van der Waals surface area contributed by atoms with E-state index in [2.05, 4.69) is 21.5 Å². The Hall–Kier alpha value is -3.15. The van der Waals surface area contributed by atoms with Gasteiger partial charge in [-0.15, -0.1) is 0 Å². The molecule has 30 heavy (non-hydrogen) atoms. The number of aromatic nitrogens is 3. The van der Waals surface area contributed by atoms with E-state index >= 15 is 4.39 Å². The van der Waals surface area contributed by atoms with Crippen LogP contribution in [0.3, 0.4) is 0 Å². The molecule has 0 atom stereocenters. The number of allylic oxidation sites excluding steroid dienone is 5. The minimum absolute atomic E-state index is 0.130. The predicted molar refractivity (Wildman–Crippen MR) is 117 cm³/mol. The van der Waals surface area contributed by atoms with E-state index in [4.69, 9.17) is 0 Å². The molecular weight excluding hydrogens is 379 g/mol. The van der Waals surface area contributed by atoms with Gasteiger partial charge in [0.2, 0.25) is 0 Å². The van der Waals surface area contributed by atoms with Crippen LogP contribution in [-0.4, -0.2) is 44.5 Å². The van der Waals surface area contributed by atoms with Crippen molar-refractivity contribution in [3.8, 4) is 0 Å². The lowest BCUT2D eigenvalue weighted by Gasteiger charge is -2.36. The first-order valence-corrected chi connectivity index (χ1v) is 10.1. The summed E-state index contributed by atoms with van der Waals surface area (Å²) in [6.07, 6.45) is 13.0. The van der Waals surface area contributed by atoms with Crippen LogP contribution in [0.1, 0.15) is 47.2 Å². The second kappa shape index (κ2) is 9.57. The van der Waals surface area contributed by atoms with Crippen LogP contribution in [0.15, 0.2) is 61.6 Å². The number of carbonyl (C=O) groups excluding carboxylic acids is 1. The fraction of sp³-hybridized carbons (Fsp3) is 0.333. The van der Waals surface area contributed by atoms with Crippen molar-refractivity contribution in [3.05, 3.63) is 84.3 Å². The van der Waals surface area contributed by atoms with Crippen LogP contribution in [0.4, 0.5) is 4.39 Å². The van der Waals surface area contributed by atoms with Crippen LogP contribution in [0.2, 0.25) is 0 Å². The van der Waals surface area contributed by atoms with Gasteiger partial charge in [-0.25, -0.2) is 4.39 Å². The van der Waals surface area contributed by atoms with Gasteiger partial charge in [0.1, 0.15) is 5.67 Å². The van der Waals surface area contributed by atoms with E-state index in [1.54, 1.807) is 41.7 Å². The van der Waals surface area contributed by atoms with E-state index in [-0.39, 0.29) is 25.2 Å². The predicted octanol–water partition coefficient (Wildman–Crippen LogP) is 4.51.